The first-order valence-electron chi connectivity index (χ1n) is 6.33. The van der Waals surface area contributed by atoms with Crippen molar-refractivity contribution in [2.45, 2.75) is 19.9 Å². The molecule has 0 saturated heterocycles. The average Bonchev–Trinajstić information content (AvgIpc) is 2.42. The van der Waals surface area contributed by atoms with E-state index >= 15 is 0 Å². The Morgan fingerprint density at radius 2 is 1.90 bits per heavy atom. The Morgan fingerprint density at radius 3 is 2.45 bits per heavy atom. The van der Waals surface area contributed by atoms with Crippen molar-refractivity contribution in [3.05, 3.63) is 24.3 Å². The topological polar surface area (TPSA) is 73.6 Å². The molecule has 0 aromatic heterocycles. The van der Waals surface area contributed by atoms with Gasteiger partial charge in [0.05, 0.1) is 19.8 Å². The fourth-order valence-corrected chi connectivity index (χ4v) is 1.46. The fourth-order valence-electron chi connectivity index (χ4n) is 1.46. The maximum atomic E-state index is 11.3. The van der Waals surface area contributed by atoms with Crippen LogP contribution < -0.4 is 20.5 Å². The lowest BCUT2D eigenvalue weighted by atomic mass is 10.2. The van der Waals surface area contributed by atoms with Gasteiger partial charge < -0.3 is 20.5 Å². The van der Waals surface area contributed by atoms with Gasteiger partial charge in [-0.1, -0.05) is 19.1 Å². The third-order valence-corrected chi connectivity index (χ3v) is 2.63. The molecule has 0 saturated carbocycles. The average molecular weight is 303 g/mol. The van der Waals surface area contributed by atoms with Gasteiger partial charge in [0, 0.05) is 12.5 Å². The van der Waals surface area contributed by atoms with Gasteiger partial charge in [-0.15, -0.1) is 12.4 Å². The summed E-state index contributed by atoms with van der Waals surface area (Å²) in [6, 6.07) is 6.99. The number of para-hydroxylation sites is 2. The van der Waals surface area contributed by atoms with Crippen LogP contribution in [0.1, 0.15) is 13.8 Å². The number of amides is 1. The normalized spacial score (nSPS) is 12.8. The zero-order valence-electron chi connectivity index (χ0n) is 12.1. The molecule has 1 aromatic rings. The van der Waals surface area contributed by atoms with E-state index in [-0.39, 0.29) is 24.2 Å². The number of rotatable bonds is 7. The van der Waals surface area contributed by atoms with Crippen molar-refractivity contribution in [1.82, 2.24) is 5.32 Å². The van der Waals surface area contributed by atoms with Gasteiger partial charge in [0.15, 0.2) is 11.5 Å². The van der Waals surface area contributed by atoms with E-state index in [2.05, 4.69) is 5.32 Å². The summed E-state index contributed by atoms with van der Waals surface area (Å²) >= 11 is 0. The second-order valence-electron chi connectivity index (χ2n) is 4.60. The third kappa shape index (κ3) is 6.12. The van der Waals surface area contributed by atoms with E-state index in [1.807, 2.05) is 31.2 Å². The number of carbonyl (C=O) groups excluding carboxylic acids is 1. The zero-order valence-corrected chi connectivity index (χ0v) is 12.9. The molecule has 5 nitrogen and oxygen atoms in total. The quantitative estimate of drug-likeness (QED) is 0.802. The van der Waals surface area contributed by atoms with E-state index in [1.165, 1.54) is 0 Å². The minimum Gasteiger partial charge on any atom is -0.493 e. The Bertz CT molecular complexity index is 413. The minimum absolute atomic E-state index is 0. The molecule has 0 fully saturated rings. The molecule has 0 aliphatic heterocycles. The Balaban J connectivity index is 0.00000361. The second kappa shape index (κ2) is 9.44. The van der Waals surface area contributed by atoms with Crippen molar-refractivity contribution >= 4 is 18.3 Å². The molecule has 1 rings (SSSR count). The molecule has 1 aromatic carbocycles. The van der Waals surface area contributed by atoms with Crippen molar-refractivity contribution in [1.29, 1.82) is 0 Å². The highest BCUT2D eigenvalue weighted by molar-refractivity contribution is 5.85. The van der Waals surface area contributed by atoms with Crippen molar-refractivity contribution in [2.24, 2.45) is 11.7 Å². The number of carbonyl (C=O) groups is 1. The summed E-state index contributed by atoms with van der Waals surface area (Å²) in [5.74, 6) is 1.45. The number of hydrogen-bond donors (Lipinski definition) is 2. The SMILES string of the molecule is COc1ccccc1OCC(C)CNC(=O)C(C)N.Cl. The first kappa shape index (κ1) is 18.5. The molecule has 20 heavy (non-hydrogen) atoms. The largest absolute Gasteiger partial charge is 0.493 e. The molecular formula is C14H23ClN2O3. The predicted molar refractivity (Wildman–Crippen MR) is 81.6 cm³/mol. The van der Waals surface area contributed by atoms with Crippen LogP contribution in [0.3, 0.4) is 0 Å². The lowest BCUT2D eigenvalue weighted by molar-refractivity contribution is -0.122. The van der Waals surface area contributed by atoms with E-state index in [1.54, 1.807) is 14.0 Å². The van der Waals surface area contributed by atoms with Gasteiger partial charge in [-0.25, -0.2) is 0 Å². The maximum Gasteiger partial charge on any atom is 0.236 e. The molecule has 0 radical (unpaired) electrons. The van der Waals surface area contributed by atoms with Gasteiger partial charge in [-0.05, 0) is 19.1 Å². The van der Waals surface area contributed by atoms with Gasteiger partial charge in [-0.2, -0.15) is 0 Å². The molecule has 0 bridgehead atoms. The van der Waals surface area contributed by atoms with Crippen molar-refractivity contribution in [3.8, 4) is 11.5 Å². The van der Waals surface area contributed by atoms with E-state index < -0.39 is 6.04 Å². The van der Waals surface area contributed by atoms with Crippen LogP contribution in [0.2, 0.25) is 0 Å². The molecule has 0 aliphatic rings. The molecule has 0 spiro atoms. The highest BCUT2D eigenvalue weighted by atomic mass is 35.5. The Morgan fingerprint density at radius 1 is 1.30 bits per heavy atom. The van der Waals surface area contributed by atoms with Crippen LogP contribution in [-0.2, 0) is 4.79 Å². The van der Waals surface area contributed by atoms with E-state index in [4.69, 9.17) is 15.2 Å². The van der Waals surface area contributed by atoms with Crippen LogP contribution in [0.4, 0.5) is 0 Å². The summed E-state index contributed by atoms with van der Waals surface area (Å²) in [6.45, 7) is 4.69. The second-order valence-corrected chi connectivity index (χ2v) is 4.60. The first-order valence-corrected chi connectivity index (χ1v) is 6.33. The molecule has 2 unspecified atom stereocenters. The Hall–Kier alpha value is -1.46. The number of nitrogens with one attached hydrogen (secondary N) is 1. The predicted octanol–water partition coefficient (Wildman–Crippen LogP) is 1.60. The van der Waals surface area contributed by atoms with Crippen LogP contribution in [0.25, 0.3) is 0 Å². The highest BCUT2D eigenvalue weighted by Gasteiger charge is 2.10. The van der Waals surface area contributed by atoms with Gasteiger partial charge in [0.25, 0.3) is 0 Å². The Labute approximate surface area is 126 Å². The highest BCUT2D eigenvalue weighted by Crippen LogP contribution is 2.26. The molecule has 1 amide bonds. The maximum absolute atomic E-state index is 11.3. The van der Waals surface area contributed by atoms with Crippen LogP contribution in [0, 0.1) is 5.92 Å². The number of hydrogen-bond acceptors (Lipinski definition) is 4. The number of benzene rings is 1. The van der Waals surface area contributed by atoms with Crippen LogP contribution in [0.15, 0.2) is 24.3 Å². The van der Waals surface area contributed by atoms with E-state index in [9.17, 15) is 4.79 Å². The van der Waals surface area contributed by atoms with Crippen molar-refractivity contribution in [3.63, 3.8) is 0 Å². The summed E-state index contributed by atoms with van der Waals surface area (Å²) in [7, 11) is 1.61. The molecule has 0 aliphatic carbocycles. The minimum atomic E-state index is -0.484. The molecule has 0 heterocycles. The molecule has 114 valence electrons. The smallest absolute Gasteiger partial charge is 0.236 e. The summed E-state index contributed by atoms with van der Waals surface area (Å²) in [4.78, 5) is 11.3. The summed E-state index contributed by atoms with van der Waals surface area (Å²) < 4.78 is 10.9. The lowest BCUT2D eigenvalue weighted by Crippen LogP contribution is -2.40. The number of methoxy groups -OCH3 is 1. The number of halogens is 1. The fraction of sp³-hybridized carbons (Fsp3) is 0.500. The first-order chi connectivity index (χ1) is 9.04. The van der Waals surface area contributed by atoms with Gasteiger partial charge in [-0.3, -0.25) is 4.79 Å². The Kier molecular flexibility index (Phi) is 8.76. The van der Waals surface area contributed by atoms with Gasteiger partial charge in [0.1, 0.15) is 0 Å². The summed E-state index contributed by atoms with van der Waals surface area (Å²) in [6.07, 6.45) is 0. The third-order valence-electron chi connectivity index (χ3n) is 2.63. The summed E-state index contributed by atoms with van der Waals surface area (Å²) in [5, 5.41) is 2.77. The van der Waals surface area contributed by atoms with Crippen LogP contribution in [-0.4, -0.2) is 32.2 Å². The standard InChI is InChI=1S/C14H22N2O3.ClH/c1-10(8-16-14(17)11(2)15)9-19-13-7-5-4-6-12(13)18-3;/h4-7,10-11H,8-9,15H2,1-3H3,(H,16,17);1H. The van der Waals surface area contributed by atoms with E-state index in [0.717, 1.165) is 0 Å². The van der Waals surface area contributed by atoms with E-state index in [0.29, 0.717) is 24.7 Å². The summed E-state index contributed by atoms with van der Waals surface area (Å²) in [5.41, 5.74) is 5.47. The molecule has 6 heteroatoms. The van der Waals surface area contributed by atoms with Crippen molar-refractivity contribution < 1.29 is 14.3 Å². The van der Waals surface area contributed by atoms with Gasteiger partial charge >= 0.3 is 0 Å². The lowest BCUT2D eigenvalue weighted by Gasteiger charge is -2.16. The van der Waals surface area contributed by atoms with Crippen LogP contribution >= 0.6 is 12.4 Å². The van der Waals surface area contributed by atoms with Crippen LogP contribution in [0.5, 0.6) is 11.5 Å². The number of nitrogens with two attached hydrogens (primary N) is 1. The monoisotopic (exact) mass is 302 g/mol. The number of ether oxygens (including phenoxy) is 2. The zero-order chi connectivity index (χ0) is 14.3. The van der Waals surface area contributed by atoms with Gasteiger partial charge in [0.2, 0.25) is 5.91 Å². The molecular weight excluding hydrogens is 280 g/mol. The molecule has 2 atom stereocenters. The molecule has 3 N–H and O–H groups in total. The van der Waals surface area contributed by atoms with Crippen molar-refractivity contribution in [2.75, 3.05) is 20.3 Å².